The Labute approximate surface area is 162 Å². The number of hydrogen-bond acceptors (Lipinski definition) is 5. The molecular weight excluding hydrogens is 368 g/mol. The van der Waals surface area contributed by atoms with Gasteiger partial charge in [0.1, 0.15) is 0 Å². The van der Waals surface area contributed by atoms with E-state index in [2.05, 4.69) is 5.10 Å². The van der Waals surface area contributed by atoms with Crippen LogP contribution in [0.25, 0.3) is 16.8 Å². The minimum absolute atomic E-state index is 0.281. The summed E-state index contributed by atoms with van der Waals surface area (Å²) in [6, 6.07) is 13.0. The molecule has 0 amide bonds. The SMILES string of the molecule is CCOC(OCC)c1ccc(-c2ccc3c(Cl)cc(C(=O)OC)n3n2)cc1. The van der Waals surface area contributed by atoms with Crippen LogP contribution in [-0.4, -0.2) is 35.9 Å². The highest BCUT2D eigenvalue weighted by Crippen LogP contribution is 2.27. The molecule has 2 heterocycles. The van der Waals surface area contributed by atoms with Gasteiger partial charge in [0.05, 0.1) is 23.3 Å². The number of rotatable bonds is 7. The van der Waals surface area contributed by atoms with Crippen LogP contribution in [0.3, 0.4) is 0 Å². The summed E-state index contributed by atoms with van der Waals surface area (Å²) in [6.07, 6.45) is -0.390. The summed E-state index contributed by atoms with van der Waals surface area (Å²) in [7, 11) is 1.32. The molecule has 0 aliphatic rings. The predicted molar refractivity (Wildman–Crippen MR) is 103 cm³/mol. The molecule has 0 saturated carbocycles. The molecule has 7 heteroatoms. The van der Waals surface area contributed by atoms with Crippen LogP contribution in [0.1, 0.15) is 36.2 Å². The molecule has 3 aromatic rings. The van der Waals surface area contributed by atoms with Crippen molar-refractivity contribution in [2.24, 2.45) is 0 Å². The summed E-state index contributed by atoms with van der Waals surface area (Å²) >= 11 is 6.20. The van der Waals surface area contributed by atoms with E-state index < -0.39 is 12.3 Å². The van der Waals surface area contributed by atoms with Crippen LogP contribution >= 0.6 is 11.6 Å². The topological polar surface area (TPSA) is 62.1 Å². The molecule has 0 spiro atoms. The second-order valence-electron chi connectivity index (χ2n) is 5.75. The molecule has 0 atom stereocenters. The van der Waals surface area contributed by atoms with Gasteiger partial charge in [-0.15, -0.1) is 0 Å². The van der Waals surface area contributed by atoms with Crippen molar-refractivity contribution in [3.63, 3.8) is 0 Å². The lowest BCUT2D eigenvalue weighted by Gasteiger charge is -2.17. The first kappa shape index (κ1) is 19.4. The number of esters is 1. The highest BCUT2D eigenvalue weighted by molar-refractivity contribution is 6.34. The van der Waals surface area contributed by atoms with Gasteiger partial charge < -0.3 is 14.2 Å². The highest BCUT2D eigenvalue weighted by atomic mass is 35.5. The van der Waals surface area contributed by atoms with E-state index >= 15 is 0 Å². The second-order valence-corrected chi connectivity index (χ2v) is 6.16. The third-order valence-corrected chi connectivity index (χ3v) is 4.38. The molecule has 27 heavy (non-hydrogen) atoms. The van der Waals surface area contributed by atoms with Crippen LogP contribution in [-0.2, 0) is 14.2 Å². The van der Waals surface area contributed by atoms with E-state index in [1.807, 2.05) is 50.2 Å². The number of carbonyl (C=O) groups excluding carboxylic acids is 1. The van der Waals surface area contributed by atoms with Gasteiger partial charge in [-0.2, -0.15) is 5.10 Å². The highest BCUT2D eigenvalue weighted by Gasteiger charge is 2.17. The zero-order valence-corrected chi connectivity index (χ0v) is 16.2. The lowest BCUT2D eigenvalue weighted by atomic mass is 10.1. The zero-order chi connectivity index (χ0) is 19.4. The first-order valence-electron chi connectivity index (χ1n) is 8.69. The van der Waals surface area contributed by atoms with Crippen molar-refractivity contribution in [2.75, 3.05) is 20.3 Å². The normalized spacial score (nSPS) is 11.3. The number of methoxy groups -OCH3 is 1. The van der Waals surface area contributed by atoms with Gasteiger partial charge in [-0.3, -0.25) is 0 Å². The Morgan fingerprint density at radius 2 is 1.78 bits per heavy atom. The summed E-state index contributed by atoms with van der Waals surface area (Å²) in [5.74, 6) is -0.492. The number of carbonyl (C=O) groups is 1. The number of ether oxygens (including phenoxy) is 3. The summed E-state index contributed by atoms with van der Waals surface area (Å²) in [5, 5.41) is 5.00. The fraction of sp³-hybridized carbons (Fsp3) is 0.300. The molecule has 2 aromatic heterocycles. The van der Waals surface area contributed by atoms with E-state index in [0.29, 0.717) is 29.4 Å². The van der Waals surface area contributed by atoms with E-state index in [1.54, 1.807) is 6.07 Å². The van der Waals surface area contributed by atoms with Crippen molar-refractivity contribution in [2.45, 2.75) is 20.1 Å². The molecule has 0 aliphatic heterocycles. The first-order valence-corrected chi connectivity index (χ1v) is 9.07. The Balaban J connectivity index is 1.96. The molecule has 0 fully saturated rings. The molecule has 0 saturated heterocycles. The van der Waals surface area contributed by atoms with Gasteiger partial charge in [-0.05, 0) is 32.0 Å². The Kier molecular flexibility index (Phi) is 6.11. The summed E-state index contributed by atoms with van der Waals surface area (Å²) in [5.41, 5.74) is 3.46. The molecule has 0 bridgehead atoms. The van der Waals surface area contributed by atoms with Gasteiger partial charge in [-0.1, -0.05) is 35.9 Å². The maximum Gasteiger partial charge on any atom is 0.356 e. The van der Waals surface area contributed by atoms with Crippen molar-refractivity contribution in [1.29, 1.82) is 0 Å². The number of nitrogens with zero attached hydrogens (tertiary/aromatic N) is 2. The Morgan fingerprint density at radius 3 is 2.37 bits per heavy atom. The van der Waals surface area contributed by atoms with Crippen LogP contribution in [0.2, 0.25) is 5.02 Å². The van der Waals surface area contributed by atoms with Crippen LogP contribution in [0, 0.1) is 0 Å². The molecule has 6 nitrogen and oxygen atoms in total. The van der Waals surface area contributed by atoms with Crippen molar-refractivity contribution in [1.82, 2.24) is 9.61 Å². The maximum atomic E-state index is 12.0. The fourth-order valence-corrected chi connectivity index (χ4v) is 3.05. The molecule has 0 N–H and O–H groups in total. The van der Waals surface area contributed by atoms with Crippen LogP contribution in [0.4, 0.5) is 0 Å². The smallest absolute Gasteiger partial charge is 0.356 e. The third-order valence-electron chi connectivity index (χ3n) is 4.08. The molecule has 0 unspecified atom stereocenters. The Hall–Kier alpha value is -2.41. The fourth-order valence-electron chi connectivity index (χ4n) is 2.80. The monoisotopic (exact) mass is 388 g/mol. The van der Waals surface area contributed by atoms with Crippen molar-refractivity contribution >= 4 is 23.1 Å². The predicted octanol–water partition coefficient (Wildman–Crippen LogP) is 4.51. The minimum atomic E-state index is -0.492. The van der Waals surface area contributed by atoms with E-state index in [1.165, 1.54) is 11.6 Å². The van der Waals surface area contributed by atoms with E-state index in [0.717, 1.165) is 11.1 Å². The minimum Gasteiger partial charge on any atom is -0.464 e. The lowest BCUT2D eigenvalue weighted by Crippen LogP contribution is -2.09. The van der Waals surface area contributed by atoms with Gasteiger partial charge in [0.25, 0.3) is 0 Å². The van der Waals surface area contributed by atoms with Gasteiger partial charge in [0, 0.05) is 24.3 Å². The molecular formula is C20H21ClN2O4. The third kappa shape index (κ3) is 3.98. The number of halogens is 1. The molecule has 142 valence electrons. The first-order chi connectivity index (χ1) is 13.1. The van der Waals surface area contributed by atoms with Crippen molar-refractivity contribution in [3.05, 3.63) is 58.7 Å². The summed E-state index contributed by atoms with van der Waals surface area (Å²) in [4.78, 5) is 12.0. The second kappa shape index (κ2) is 8.52. The Morgan fingerprint density at radius 1 is 1.11 bits per heavy atom. The zero-order valence-electron chi connectivity index (χ0n) is 15.4. The molecule has 3 rings (SSSR count). The molecule has 0 radical (unpaired) electrons. The average Bonchev–Trinajstić information content (AvgIpc) is 3.03. The molecule has 0 aliphatic carbocycles. The molecule has 1 aromatic carbocycles. The number of benzene rings is 1. The van der Waals surface area contributed by atoms with E-state index in [9.17, 15) is 4.79 Å². The van der Waals surface area contributed by atoms with Gasteiger partial charge in [0.15, 0.2) is 12.0 Å². The van der Waals surface area contributed by atoms with Crippen LogP contribution < -0.4 is 0 Å². The summed E-state index contributed by atoms with van der Waals surface area (Å²) in [6.45, 7) is 4.99. The number of fused-ring (bicyclic) bond motifs is 1. The Bertz CT molecular complexity index is 931. The van der Waals surface area contributed by atoms with Gasteiger partial charge >= 0.3 is 5.97 Å². The lowest BCUT2D eigenvalue weighted by molar-refractivity contribution is -0.140. The number of aromatic nitrogens is 2. The van der Waals surface area contributed by atoms with Gasteiger partial charge in [-0.25, -0.2) is 9.31 Å². The van der Waals surface area contributed by atoms with Crippen molar-refractivity contribution < 1.29 is 19.0 Å². The van der Waals surface area contributed by atoms with Gasteiger partial charge in [0.2, 0.25) is 0 Å². The van der Waals surface area contributed by atoms with Crippen molar-refractivity contribution in [3.8, 4) is 11.3 Å². The number of hydrogen-bond donors (Lipinski definition) is 0. The average molecular weight is 389 g/mol. The largest absolute Gasteiger partial charge is 0.464 e. The standard InChI is InChI=1S/C20H21ClN2O4/c1-4-26-20(27-5-2)14-8-6-13(7-9-14)16-10-11-17-15(21)12-18(19(24)25-3)23(17)22-16/h6-12,20H,4-5H2,1-3H3. The van der Waals surface area contributed by atoms with Crippen LogP contribution in [0.5, 0.6) is 0 Å². The van der Waals surface area contributed by atoms with E-state index in [-0.39, 0.29) is 5.69 Å². The van der Waals surface area contributed by atoms with Crippen LogP contribution in [0.15, 0.2) is 42.5 Å². The maximum absolute atomic E-state index is 12.0. The van der Waals surface area contributed by atoms with E-state index in [4.69, 9.17) is 25.8 Å². The quantitative estimate of drug-likeness (QED) is 0.440. The summed E-state index contributed by atoms with van der Waals surface area (Å²) < 4.78 is 17.5.